The van der Waals surface area contributed by atoms with E-state index in [1.165, 1.54) is 44.9 Å². The lowest BCUT2D eigenvalue weighted by atomic mass is 9.50. The molecule has 5 aliphatic carbocycles. The molecule has 0 aromatic heterocycles. The van der Waals surface area contributed by atoms with Gasteiger partial charge in [0, 0.05) is 18.3 Å². The van der Waals surface area contributed by atoms with Crippen molar-refractivity contribution in [2.24, 2.45) is 34.0 Å². The van der Waals surface area contributed by atoms with Crippen LogP contribution in [0.15, 0.2) is 0 Å². The maximum Gasteiger partial charge on any atom is 0.150 e. The second kappa shape index (κ2) is 5.46. The van der Waals surface area contributed by atoms with Gasteiger partial charge in [0.15, 0.2) is 5.78 Å². The van der Waals surface area contributed by atoms with Crippen molar-refractivity contribution in [1.29, 1.82) is 0 Å². The number of Topliss-reactive ketones (excluding diaryl/α,β-unsaturated/α-hetero) is 2. The molecule has 0 N–H and O–H groups in total. The molecular weight excluding hydrogens is 334 g/mol. The van der Waals surface area contributed by atoms with E-state index in [0.717, 1.165) is 57.0 Å². The molecular formula is C24H35NO2. The third kappa shape index (κ3) is 2.08. The fourth-order valence-electron chi connectivity index (χ4n) is 9.25. The van der Waals surface area contributed by atoms with Crippen molar-refractivity contribution in [2.45, 2.75) is 90.0 Å². The molecule has 0 spiro atoms. The summed E-state index contributed by atoms with van der Waals surface area (Å²) in [7, 11) is 0. The van der Waals surface area contributed by atoms with E-state index in [4.69, 9.17) is 0 Å². The molecule has 1 aliphatic heterocycles. The minimum atomic E-state index is -0.0105. The van der Waals surface area contributed by atoms with Gasteiger partial charge in [0.1, 0.15) is 5.78 Å². The van der Waals surface area contributed by atoms with Gasteiger partial charge in [-0.25, -0.2) is 0 Å². The molecule has 0 bridgehead atoms. The summed E-state index contributed by atoms with van der Waals surface area (Å²) >= 11 is 0. The van der Waals surface area contributed by atoms with Crippen LogP contribution < -0.4 is 0 Å². The summed E-state index contributed by atoms with van der Waals surface area (Å²) in [6, 6.07) is 0.221. The molecule has 3 nitrogen and oxygen atoms in total. The molecule has 6 rings (SSSR count). The highest BCUT2D eigenvalue weighted by Gasteiger charge is 2.77. The van der Waals surface area contributed by atoms with Crippen molar-refractivity contribution in [2.75, 3.05) is 13.1 Å². The van der Waals surface area contributed by atoms with E-state index < -0.39 is 0 Å². The third-order valence-corrected chi connectivity index (χ3v) is 10.7. The van der Waals surface area contributed by atoms with E-state index >= 15 is 0 Å². The minimum Gasteiger partial charge on any atom is -0.299 e. The fourth-order valence-corrected chi connectivity index (χ4v) is 9.25. The van der Waals surface area contributed by atoms with Crippen LogP contribution in [0.5, 0.6) is 0 Å². The lowest BCUT2D eigenvalue weighted by molar-refractivity contribution is -0.139. The van der Waals surface area contributed by atoms with E-state index in [-0.39, 0.29) is 11.5 Å². The monoisotopic (exact) mass is 369 g/mol. The van der Waals surface area contributed by atoms with Crippen LogP contribution in [0.4, 0.5) is 0 Å². The molecule has 7 atom stereocenters. The first kappa shape index (κ1) is 17.2. The summed E-state index contributed by atoms with van der Waals surface area (Å²) < 4.78 is 0. The Morgan fingerprint density at radius 3 is 2.59 bits per heavy atom. The average Bonchev–Trinajstić information content (AvgIpc) is 3.26. The molecule has 6 aliphatic rings. The highest BCUT2D eigenvalue weighted by molar-refractivity contribution is 5.88. The molecule has 1 unspecified atom stereocenters. The summed E-state index contributed by atoms with van der Waals surface area (Å²) in [5.74, 6) is 3.33. The van der Waals surface area contributed by atoms with Gasteiger partial charge in [0.2, 0.25) is 0 Å². The highest BCUT2D eigenvalue weighted by Crippen LogP contribution is 2.82. The molecule has 0 radical (unpaired) electrons. The van der Waals surface area contributed by atoms with Gasteiger partial charge >= 0.3 is 0 Å². The Labute approximate surface area is 163 Å². The van der Waals surface area contributed by atoms with E-state index in [0.29, 0.717) is 28.3 Å². The first-order valence-electron chi connectivity index (χ1n) is 11.8. The number of fused-ring (bicyclic) bond motifs is 3. The van der Waals surface area contributed by atoms with Gasteiger partial charge in [0.05, 0.1) is 6.04 Å². The maximum absolute atomic E-state index is 13.1. The normalized spacial score (nSPS) is 54.7. The quantitative estimate of drug-likeness (QED) is 0.688. The molecule has 0 aromatic carbocycles. The topological polar surface area (TPSA) is 37.4 Å². The third-order valence-electron chi connectivity index (χ3n) is 10.7. The molecule has 6 fully saturated rings. The van der Waals surface area contributed by atoms with Gasteiger partial charge in [-0.15, -0.1) is 0 Å². The smallest absolute Gasteiger partial charge is 0.150 e. The lowest BCUT2D eigenvalue weighted by Crippen LogP contribution is -2.54. The minimum absolute atomic E-state index is 0.0105. The summed E-state index contributed by atoms with van der Waals surface area (Å²) in [4.78, 5) is 28.3. The van der Waals surface area contributed by atoms with Gasteiger partial charge < -0.3 is 0 Å². The van der Waals surface area contributed by atoms with Gasteiger partial charge in [0.25, 0.3) is 0 Å². The predicted octanol–water partition coefficient (Wildman–Crippen LogP) is 4.39. The second-order valence-corrected chi connectivity index (χ2v) is 11.4. The van der Waals surface area contributed by atoms with E-state index in [1.807, 2.05) is 0 Å². The molecule has 1 saturated heterocycles. The van der Waals surface area contributed by atoms with Gasteiger partial charge in [-0.05, 0) is 99.5 Å². The van der Waals surface area contributed by atoms with Crippen molar-refractivity contribution in [3.63, 3.8) is 0 Å². The van der Waals surface area contributed by atoms with Crippen molar-refractivity contribution in [3.8, 4) is 0 Å². The lowest BCUT2D eigenvalue weighted by Gasteiger charge is -2.55. The van der Waals surface area contributed by atoms with Crippen molar-refractivity contribution in [3.05, 3.63) is 0 Å². The Morgan fingerprint density at radius 2 is 1.78 bits per heavy atom. The standard InChI is InChI=1S/C24H35NO2/c1-22-9-8-18-16(17(22)5-6-21(22)27)7-10-23-14-20(26)19(13-24(18,23)15-23)25-11-3-2-4-12-25/h16-19H,2-15H2,1H3/t16-,17-,18-,19?,22-,23+,24-/m0/s1. The zero-order valence-electron chi connectivity index (χ0n) is 17.0. The van der Waals surface area contributed by atoms with Crippen LogP contribution in [-0.4, -0.2) is 35.6 Å². The first-order valence-corrected chi connectivity index (χ1v) is 11.8. The molecule has 0 amide bonds. The zero-order chi connectivity index (χ0) is 18.4. The number of nitrogens with zero attached hydrogens (tertiary/aromatic N) is 1. The molecule has 27 heavy (non-hydrogen) atoms. The number of hydrogen-bond acceptors (Lipinski definition) is 3. The molecule has 148 valence electrons. The fraction of sp³-hybridized carbons (Fsp3) is 0.917. The van der Waals surface area contributed by atoms with Crippen LogP contribution in [0.1, 0.15) is 84.0 Å². The summed E-state index contributed by atoms with van der Waals surface area (Å²) in [5.41, 5.74) is 0.816. The van der Waals surface area contributed by atoms with Gasteiger partial charge in [-0.2, -0.15) is 0 Å². The first-order chi connectivity index (χ1) is 13.0. The molecule has 1 heterocycles. The van der Waals surface area contributed by atoms with Crippen LogP contribution in [0.25, 0.3) is 0 Å². The Bertz CT molecular complexity index is 696. The van der Waals surface area contributed by atoms with Gasteiger partial charge in [-0.1, -0.05) is 13.3 Å². The molecule has 3 heteroatoms. The van der Waals surface area contributed by atoms with Crippen molar-refractivity contribution in [1.82, 2.24) is 4.90 Å². The van der Waals surface area contributed by atoms with Crippen LogP contribution in [0.2, 0.25) is 0 Å². The number of rotatable bonds is 1. The second-order valence-electron chi connectivity index (χ2n) is 11.4. The number of carbonyl (C=O) groups is 2. The SMILES string of the molecule is C[C@]12CC[C@H]3[C@@H](CC[C@]45CC(=O)C(N6CCCCC6)C[C@]34C5)[C@@H]1CCC2=O. The van der Waals surface area contributed by atoms with Crippen molar-refractivity contribution >= 4 is 11.6 Å². The number of likely N-dealkylation sites (tertiary alicyclic amines) is 1. The molecule has 0 aromatic rings. The average molecular weight is 370 g/mol. The predicted molar refractivity (Wildman–Crippen MR) is 104 cm³/mol. The Hall–Kier alpha value is -0.700. The van der Waals surface area contributed by atoms with E-state index in [2.05, 4.69) is 11.8 Å². The van der Waals surface area contributed by atoms with Crippen LogP contribution in [-0.2, 0) is 9.59 Å². The Balaban J connectivity index is 1.30. The van der Waals surface area contributed by atoms with E-state index in [9.17, 15) is 9.59 Å². The largest absolute Gasteiger partial charge is 0.299 e. The maximum atomic E-state index is 13.1. The Morgan fingerprint density at radius 1 is 0.963 bits per heavy atom. The van der Waals surface area contributed by atoms with Gasteiger partial charge in [-0.3, -0.25) is 14.5 Å². The number of carbonyl (C=O) groups excluding carboxylic acids is 2. The summed E-state index contributed by atoms with van der Waals surface area (Å²) in [6.45, 7) is 4.57. The number of piperidine rings is 1. The summed E-state index contributed by atoms with van der Waals surface area (Å²) in [6.07, 6.45) is 14.2. The van der Waals surface area contributed by atoms with Crippen LogP contribution in [0, 0.1) is 34.0 Å². The van der Waals surface area contributed by atoms with Crippen molar-refractivity contribution < 1.29 is 9.59 Å². The summed E-state index contributed by atoms with van der Waals surface area (Å²) in [5, 5.41) is 0. The molecule has 5 saturated carbocycles. The van der Waals surface area contributed by atoms with Crippen LogP contribution >= 0.6 is 0 Å². The number of hydrogen-bond donors (Lipinski definition) is 0. The zero-order valence-corrected chi connectivity index (χ0v) is 17.0. The number of ketones is 2. The Kier molecular flexibility index (Phi) is 3.48. The van der Waals surface area contributed by atoms with E-state index in [1.54, 1.807) is 0 Å². The highest BCUT2D eigenvalue weighted by atomic mass is 16.1. The van der Waals surface area contributed by atoms with Crippen LogP contribution in [0.3, 0.4) is 0 Å².